The molecule has 1 aliphatic rings. The molecule has 1 aromatic rings. The van der Waals surface area contributed by atoms with Gasteiger partial charge in [-0.2, -0.15) is 0 Å². The van der Waals surface area contributed by atoms with E-state index in [0.717, 1.165) is 57.4 Å². The summed E-state index contributed by atoms with van der Waals surface area (Å²) in [4.78, 5) is 2.42. The van der Waals surface area contributed by atoms with Crippen LogP contribution in [-0.4, -0.2) is 51.0 Å². The highest BCUT2D eigenvalue weighted by Crippen LogP contribution is 2.17. The second kappa shape index (κ2) is 10.5. The molecule has 0 aromatic heterocycles. The third-order valence-electron chi connectivity index (χ3n) is 3.18. The molecule has 0 aliphatic carbocycles. The predicted octanol–water partition coefficient (Wildman–Crippen LogP) is 2.77. The Balaban J connectivity index is 0.00000220. The summed E-state index contributed by atoms with van der Waals surface area (Å²) in [6.07, 6.45) is 2.77. The third kappa shape index (κ3) is 6.85. The van der Waals surface area contributed by atoms with Crippen LogP contribution in [0.4, 0.5) is 0 Å². The molecule has 0 radical (unpaired) electrons. The van der Waals surface area contributed by atoms with Crippen LogP contribution in [0.25, 0.3) is 0 Å². The molecule has 2 rings (SSSR count). The van der Waals surface area contributed by atoms with Gasteiger partial charge in [0.05, 0.1) is 19.8 Å². The van der Waals surface area contributed by atoms with Gasteiger partial charge in [-0.25, -0.2) is 0 Å². The van der Waals surface area contributed by atoms with Gasteiger partial charge in [-0.3, -0.25) is 4.90 Å². The summed E-state index contributed by atoms with van der Waals surface area (Å²) in [6.45, 7) is 9.74. The molecule has 1 aromatic carbocycles. The van der Waals surface area contributed by atoms with Crippen LogP contribution in [0.3, 0.4) is 0 Å². The molecule has 0 unspecified atom stereocenters. The van der Waals surface area contributed by atoms with Crippen LogP contribution in [0.2, 0.25) is 0 Å². The van der Waals surface area contributed by atoms with Gasteiger partial charge in [0.2, 0.25) is 0 Å². The van der Waals surface area contributed by atoms with Gasteiger partial charge in [-0.15, -0.1) is 12.4 Å². The lowest BCUT2D eigenvalue weighted by atomic mass is 10.3. The number of morpholine rings is 1. The van der Waals surface area contributed by atoms with Crippen molar-refractivity contribution in [2.75, 3.05) is 46.1 Å². The summed E-state index contributed by atoms with van der Waals surface area (Å²) in [5, 5.41) is 0. The van der Waals surface area contributed by atoms with Crippen molar-refractivity contribution in [3.63, 3.8) is 0 Å². The average Bonchev–Trinajstić information content (AvgIpc) is 2.52. The standard InChI is InChI=1S/C16H23NO3.ClH/c1-2-11-19-15-4-6-16(7-5-15)20-12-3-8-17-9-13-18-14-10-17;/h2,4-7H,1,3,8-14H2;1H. The molecule has 0 saturated carbocycles. The van der Waals surface area contributed by atoms with Crippen molar-refractivity contribution in [2.24, 2.45) is 0 Å². The molecular formula is C16H24ClNO3. The van der Waals surface area contributed by atoms with Gasteiger partial charge in [-0.1, -0.05) is 12.7 Å². The molecule has 118 valence electrons. The SMILES string of the molecule is C=CCOc1ccc(OCCCN2CCOCC2)cc1.Cl. The lowest BCUT2D eigenvalue weighted by Gasteiger charge is -2.26. The Kier molecular flexibility index (Phi) is 8.90. The second-order valence-electron chi connectivity index (χ2n) is 4.73. The normalized spacial score (nSPS) is 15.0. The number of benzene rings is 1. The second-order valence-corrected chi connectivity index (χ2v) is 4.73. The summed E-state index contributed by atoms with van der Waals surface area (Å²) in [7, 11) is 0. The van der Waals surface area contributed by atoms with E-state index in [-0.39, 0.29) is 12.4 Å². The average molecular weight is 314 g/mol. The zero-order chi connectivity index (χ0) is 14.0. The summed E-state index contributed by atoms with van der Waals surface area (Å²) in [5.41, 5.74) is 0. The highest BCUT2D eigenvalue weighted by molar-refractivity contribution is 5.85. The van der Waals surface area contributed by atoms with Crippen molar-refractivity contribution in [1.29, 1.82) is 0 Å². The van der Waals surface area contributed by atoms with E-state index < -0.39 is 0 Å². The highest BCUT2D eigenvalue weighted by atomic mass is 35.5. The van der Waals surface area contributed by atoms with Gasteiger partial charge in [0.1, 0.15) is 18.1 Å². The lowest BCUT2D eigenvalue weighted by Crippen LogP contribution is -2.37. The minimum Gasteiger partial charge on any atom is -0.494 e. The zero-order valence-electron chi connectivity index (χ0n) is 12.3. The molecule has 1 saturated heterocycles. The first-order valence-corrected chi connectivity index (χ1v) is 7.15. The van der Waals surface area contributed by atoms with Crippen LogP contribution >= 0.6 is 12.4 Å². The Morgan fingerprint density at radius 1 is 1.10 bits per heavy atom. The van der Waals surface area contributed by atoms with Gasteiger partial charge in [0, 0.05) is 19.6 Å². The van der Waals surface area contributed by atoms with E-state index in [1.807, 2.05) is 24.3 Å². The molecule has 1 aliphatic heterocycles. The molecule has 5 heteroatoms. The van der Waals surface area contributed by atoms with E-state index in [0.29, 0.717) is 6.61 Å². The Labute approximate surface area is 133 Å². The number of hydrogen-bond donors (Lipinski definition) is 0. The van der Waals surface area contributed by atoms with E-state index in [9.17, 15) is 0 Å². The molecule has 0 spiro atoms. The summed E-state index contributed by atoms with van der Waals surface area (Å²) in [5.74, 6) is 1.73. The van der Waals surface area contributed by atoms with Gasteiger partial charge in [0.25, 0.3) is 0 Å². The van der Waals surface area contributed by atoms with Crippen molar-refractivity contribution in [3.05, 3.63) is 36.9 Å². The minimum atomic E-state index is 0. The van der Waals surface area contributed by atoms with E-state index in [2.05, 4.69) is 11.5 Å². The Hall–Kier alpha value is -1.23. The number of ether oxygens (including phenoxy) is 3. The first-order valence-electron chi connectivity index (χ1n) is 7.15. The Morgan fingerprint density at radius 3 is 2.33 bits per heavy atom. The van der Waals surface area contributed by atoms with Crippen LogP contribution in [0.1, 0.15) is 6.42 Å². The topological polar surface area (TPSA) is 30.9 Å². The van der Waals surface area contributed by atoms with Gasteiger partial charge < -0.3 is 14.2 Å². The summed E-state index contributed by atoms with van der Waals surface area (Å²) < 4.78 is 16.5. The van der Waals surface area contributed by atoms with Gasteiger partial charge >= 0.3 is 0 Å². The van der Waals surface area contributed by atoms with E-state index in [1.54, 1.807) is 6.08 Å². The van der Waals surface area contributed by atoms with Crippen molar-refractivity contribution >= 4 is 12.4 Å². The van der Waals surface area contributed by atoms with E-state index >= 15 is 0 Å². The van der Waals surface area contributed by atoms with E-state index in [4.69, 9.17) is 14.2 Å². The number of nitrogens with zero attached hydrogens (tertiary/aromatic N) is 1. The summed E-state index contributed by atoms with van der Waals surface area (Å²) >= 11 is 0. The molecule has 1 heterocycles. The molecule has 0 amide bonds. The molecule has 0 bridgehead atoms. The molecular weight excluding hydrogens is 290 g/mol. The first kappa shape index (κ1) is 17.8. The Morgan fingerprint density at radius 2 is 1.71 bits per heavy atom. The monoisotopic (exact) mass is 313 g/mol. The maximum atomic E-state index is 5.72. The van der Waals surface area contributed by atoms with Gasteiger partial charge in [-0.05, 0) is 30.7 Å². The van der Waals surface area contributed by atoms with Crippen molar-refractivity contribution in [1.82, 2.24) is 4.90 Å². The largest absolute Gasteiger partial charge is 0.494 e. The number of hydrogen-bond acceptors (Lipinski definition) is 4. The summed E-state index contributed by atoms with van der Waals surface area (Å²) in [6, 6.07) is 7.71. The fraction of sp³-hybridized carbons (Fsp3) is 0.500. The fourth-order valence-corrected chi connectivity index (χ4v) is 2.09. The molecule has 0 N–H and O–H groups in total. The third-order valence-corrected chi connectivity index (χ3v) is 3.18. The van der Waals surface area contributed by atoms with Crippen molar-refractivity contribution in [3.8, 4) is 11.5 Å². The predicted molar refractivity (Wildman–Crippen MR) is 86.8 cm³/mol. The van der Waals surface area contributed by atoms with Crippen LogP contribution in [-0.2, 0) is 4.74 Å². The maximum Gasteiger partial charge on any atom is 0.120 e. The van der Waals surface area contributed by atoms with Crippen LogP contribution < -0.4 is 9.47 Å². The smallest absolute Gasteiger partial charge is 0.120 e. The number of rotatable bonds is 8. The quantitative estimate of drug-likeness (QED) is 0.545. The van der Waals surface area contributed by atoms with Crippen molar-refractivity contribution < 1.29 is 14.2 Å². The highest BCUT2D eigenvalue weighted by Gasteiger charge is 2.09. The fourth-order valence-electron chi connectivity index (χ4n) is 2.09. The van der Waals surface area contributed by atoms with E-state index in [1.165, 1.54) is 0 Å². The van der Waals surface area contributed by atoms with Crippen LogP contribution in [0.5, 0.6) is 11.5 Å². The van der Waals surface area contributed by atoms with Crippen LogP contribution in [0.15, 0.2) is 36.9 Å². The zero-order valence-corrected chi connectivity index (χ0v) is 13.1. The minimum absolute atomic E-state index is 0. The first-order chi connectivity index (χ1) is 9.88. The molecule has 1 fully saturated rings. The van der Waals surface area contributed by atoms with Crippen LogP contribution in [0, 0.1) is 0 Å². The Bertz CT molecular complexity index is 391. The molecule has 21 heavy (non-hydrogen) atoms. The van der Waals surface area contributed by atoms with Crippen molar-refractivity contribution in [2.45, 2.75) is 6.42 Å². The number of halogens is 1. The molecule has 0 atom stereocenters. The van der Waals surface area contributed by atoms with Gasteiger partial charge in [0.15, 0.2) is 0 Å². The molecule has 4 nitrogen and oxygen atoms in total. The lowest BCUT2D eigenvalue weighted by molar-refractivity contribution is 0.0358. The maximum absolute atomic E-state index is 5.72.